The lowest BCUT2D eigenvalue weighted by Gasteiger charge is -2.25. The maximum atomic E-state index is 3.78. The lowest BCUT2D eigenvalue weighted by Crippen LogP contribution is -2.15. The third-order valence-electron chi connectivity index (χ3n) is 3.25. The van der Waals surface area contributed by atoms with E-state index in [1.165, 1.54) is 29.8 Å². The highest BCUT2D eigenvalue weighted by Gasteiger charge is 2.01. The van der Waals surface area contributed by atoms with E-state index < -0.39 is 14.1 Å². The minimum atomic E-state index is -0.573. The first-order valence-electron chi connectivity index (χ1n) is 8.57. The molecular weight excluding hydrogens is 269 g/mol. The van der Waals surface area contributed by atoms with E-state index in [4.69, 9.17) is 0 Å². The highest BCUT2D eigenvalue weighted by atomic mass is 27.2. The van der Waals surface area contributed by atoms with Crippen molar-refractivity contribution in [3.63, 3.8) is 0 Å². The zero-order chi connectivity index (χ0) is 15.9. The van der Waals surface area contributed by atoms with Crippen LogP contribution in [0.15, 0.2) is 41.6 Å². The summed E-state index contributed by atoms with van der Waals surface area (Å²) in [6, 6.07) is 5.72. The molecule has 0 aliphatic carbocycles. The van der Waals surface area contributed by atoms with Gasteiger partial charge in [0.05, 0.1) is 0 Å². The molecule has 0 bridgehead atoms. The monoisotopic (exact) mass is 303 g/mol. The maximum absolute atomic E-state index is 3.78. The summed E-state index contributed by atoms with van der Waals surface area (Å²) >= 11 is -0.573. The summed E-state index contributed by atoms with van der Waals surface area (Å²) < 4.78 is 0. The summed E-state index contributed by atoms with van der Waals surface area (Å²) in [6.45, 7) is 11.7. The number of nitrogens with zero attached hydrogens (tertiary/aromatic N) is 1. The van der Waals surface area contributed by atoms with Crippen LogP contribution < -0.4 is 0 Å². The zero-order valence-corrected chi connectivity index (χ0v) is 15.9. The van der Waals surface area contributed by atoms with E-state index in [2.05, 4.69) is 50.6 Å². The van der Waals surface area contributed by atoms with Gasteiger partial charge in [0.2, 0.25) is 0 Å². The van der Waals surface area contributed by atoms with Gasteiger partial charge >= 0.3 is 0 Å². The molecule has 2 heteroatoms. The van der Waals surface area contributed by atoms with Crippen LogP contribution in [-0.4, -0.2) is 19.1 Å². The standard InChI is InChI=1S/C6H11.C5H5N.2C4H9.Al/c1-3-5-6-4-2;1-2-4-6-5-3-1;2*1-4(2)3;/h1,3H,4-6H2,2H3;1-5H;2*4H,1H2,2-3H3;/q;;;;-1. The molecule has 0 saturated heterocycles. The first-order valence-corrected chi connectivity index (χ1v) is 10.9. The molecule has 1 aromatic heterocycles. The first kappa shape index (κ1) is 20.4. The second kappa shape index (κ2) is 14.4. The molecule has 119 valence electrons. The van der Waals surface area contributed by atoms with Crippen molar-refractivity contribution in [1.29, 1.82) is 0 Å². The highest BCUT2D eigenvalue weighted by Crippen LogP contribution is 2.15. The van der Waals surface area contributed by atoms with Crippen molar-refractivity contribution < 1.29 is 0 Å². The highest BCUT2D eigenvalue weighted by molar-refractivity contribution is 6.64. The van der Waals surface area contributed by atoms with Crippen LogP contribution in [0.4, 0.5) is 0 Å². The van der Waals surface area contributed by atoms with Gasteiger partial charge in [-0.2, -0.15) is 0 Å². The topological polar surface area (TPSA) is 12.9 Å². The molecular formula is C19H34AlN-. The van der Waals surface area contributed by atoms with E-state index in [0.29, 0.717) is 0 Å². The van der Waals surface area contributed by atoms with Crippen LogP contribution in [0.2, 0.25) is 10.6 Å². The molecule has 1 heterocycles. The van der Waals surface area contributed by atoms with Crippen LogP contribution in [0, 0.1) is 11.8 Å². The number of unbranched alkanes of at least 4 members (excludes halogenated alkanes) is 2. The fraction of sp³-hybridized carbons (Fsp3) is 0.632. The van der Waals surface area contributed by atoms with E-state index in [1.54, 1.807) is 12.4 Å². The van der Waals surface area contributed by atoms with E-state index in [0.717, 1.165) is 11.8 Å². The molecule has 0 aromatic carbocycles. The average Bonchev–Trinajstić information content (AvgIpc) is 2.45. The van der Waals surface area contributed by atoms with Crippen LogP contribution in [0.5, 0.6) is 0 Å². The number of rotatable bonds is 8. The quantitative estimate of drug-likeness (QED) is 0.414. The maximum Gasteiger partial charge on any atom is 0.0267 e. The minimum Gasteiger partial charge on any atom is -0.306 e. The smallest absolute Gasteiger partial charge is 0.0267 e. The fourth-order valence-corrected chi connectivity index (χ4v) is 5.89. The van der Waals surface area contributed by atoms with Gasteiger partial charge in [-0.3, -0.25) is 4.98 Å². The second-order valence-corrected chi connectivity index (χ2v) is 9.46. The molecule has 1 nitrogen and oxygen atoms in total. The van der Waals surface area contributed by atoms with Crippen molar-refractivity contribution in [3.8, 4) is 0 Å². The van der Waals surface area contributed by atoms with E-state index >= 15 is 0 Å². The van der Waals surface area contributed by atoms with Gasteiger partial charge in [-0.25, -0.2) is 10.6 Å². The summed E-state index contributed by atoms with van der Waals surface area (Å²) in [4.78, 5) is 6.39. The molecule has 1 rings (SSSR count). The van der Waals surface area contributed by atoms with Crippen molar-refractivity contribution in [2.45, 2.75) is 64.4 Å². The largest absolute Gasteiger partial charge is 0.306 e. The Kier molecular flexibility index (Phi) is 14.0. The van der Waals surface area contributed by atoms with Gasteiger partial charge in [0.1, 0.15) is 0 Å². The number of hydrogen-bond acceptors (Lipinski definition) is 1. The Labute approximate surface area is 137 Å². The van der Waals surface area contributed by atoms with Gasteiger partial charge in [0.25, 0.3) is 0 Å². The predicted molar refractivity (Wildman–Crippen MR) is 97.9 cm³/mol. The Bertz CT molecular complexity index is 296. The molecule has 0 unspecified atom stereocenters. The number of hydrogen-bond donors (Lipinski definition) is 0. The van der Waals surface area contributed by atoms with Crippen molar-refractivity contribution in [2.75, 3.05) is 0 Å². The van der Waals surface area contributed by atoms with Gasteiger partial charge in [0, 0.05) is 12.4 Å². The first-order chi connectivity index (χ1) is 10.1. The lowest BCUT2D eigenvalue weighted by atomic mass is 10.2. The Hall–Kier alpha value is -0.578. The van der Waals surface area contributed by atoms with E-state index in [-0.39, 0.29) is 0 Å². The molecule has 0 fully saturated rings. The summed E-state index contributed by atoms with van der Waals surface area (Å²) in [5.41, 5.74) is 0. The Morgan fingerprint density at radius 1 is 0.952 bits per heavy atom. The van der Waals surface area contributed by atoms with Gasteiger partial charge in [-0.05, 0) is 32.7 Å². The van der Waals surface area contributed by atoms with Gasteiger partial charge in [-0.1, -0.05) is 65.4 Å². The lowest BCUT2D eigenvalue weighted by molar-refractivity contribution is 0.694. The Balaban J connectivity index is 0.000000547. The van der Waals surface area contributed by atoms with E-state index in [9.17, 15) is 0 Å². The third kappa shape index (κ3) is 15.6. The Morgan fingerprint density at radius 3 is 1.86 bits per heavy atom. The molecule has 1 aromatic rings. The molecule has 0 spiro atoms. The van der Waals surface area contributed by atoms with E-state index in [1.807, 2.05) is 18.2 Å². The summed E-state index contributed by atoms with van der Waals surface area (Å²) in [5.74, 6) is 1.77. The van der Waals surface area contributed by atoms with Crippen molar-refractivity contribution >= 4 is 14.1 Å². The SMILES string of the molecule is CCCC/C=[CH]/[Al-]([CH2]C(C)C)[CH2]C(C)C.c1ccncc1. The van der Waals surface area contributed by atoms with Gasteiger partial charge < -0.3 is 4.94 Å². The molecule has 0 aliphatic heterocycles. The summed E-state index contributed by atoms with van der Waals surface area (Å²) in [7, 11) is 0. The van der Waals surface area contributed by atoms with Gasteiger partial charge in [0.15, 0.2) is 0 Å². The molecule has 0 aliphatic rings. The average molecular weight is 303 g/mol. The summed E-state index contributed by atoms with van der Waals surface area (Å²) in [5, 5.41) is 2.97. The minimum absolute atomic E-state index is 0.573. The number of aromatic nitrogens is 1. The molecule has 21 heavy (non-hydrogen) atoms. The number of allylic oxidation sites excluding steroid dienone is 1. The number of pyridine rings is 1. The molecule has 0 atom stereocenters. The zero-order valence-electron chi connectivity index (χ0n) is 14.8. The molecule has 0 saturated carbocycles. The normalized spacial score (nSPS) is 11.2. The van der Waals surface area contributed by atoms with Gasteiger partial charge in [-0.15, -0.1) is 6.08 Å². The molecule has 0 amide bonds. The van der Waals surface area contributed by atoms with Crippen LogP contribution >= 0.6 is 0 Å². The van der Waals surface area contributed by atoms with Crippen LogP contribution in [0.3, 0.4) is 0 Å². The Morgan fingerprint density at radius 2 is 1.52 bits per heavy atom. The second-order valence-electron chi connectivity index (χ2n) is 6.61. The van der Waals surface area contributed by atoms with Crippen molar-refractivity contribution in [2.24, 2.45) is 11.8 Å². The van der Waals surface area contributed by atoms with Crippen LogP contribution in [-0.2, 0) is 0 Å². The molecule has 0 N–H and O–H groups in total. The fourth-order valence-electron chi connectivity index (χ4n) is 2.39. The van der Waals surface area contributed by atoms with Crippen molar-refractivity contribution in [1.82, 2.24) is 4.98 Å². The van der Waals surface area contributed by atoms with Crippen molar-refractivity contribution in [3.05, 3.63) is 41.6 Å². The van der Waals surface area contributed by atoms with Crippen LogP contribution in [0.25, 0.3) is 0 Å². The predicted octanol–water partition coefficient (Wildman–Crippen LogP) is 6.16. The molecule has 1 radical (unpaired) electrons. The third-order valence-corrected chi connectivity index (χ3v) is 7.16. The summed E-state index contributed by atoms with van der Waals surface area (Å²) in [6.07, 6.45) is 9.95. The van der Waals surface area contributed by atoms with Crippen LogP contribution in [0.1, 0.15) is 53.9 Å².